The average molecular weight is 358 g/mol. The van der Waals surface area contributed by atoms with Gasteiger partial charge in [0, 0.05) is 11.1 Å². The molecular weight excluding hydrogens is 345 g/mol. The number of amides is 1. The van der Waals surface area contributed by atoms with Crippen molar-refractivity contribution < 1.29 is 23.1 Å². The largest absolute Gasteiger partial charge is 0.507 e. The molecule has 0 atom stereocenters. The second kappa shape index (κ2) is 6.87. The Labute approximate surface area is 146 Å². The molecule has 0 radical (unpaired) electrons. The smallest absolute Gasteiger partial charge is 0.416 e. The van der Waals surface area contributed by atoms with Crippen molar-refractivity contribution >= 4 is 22.9 Å². The van der Waals surface area contributed by atoms with Crippen molar-refractivity contribution in [2.75, 3.05) is 0 Å². The second-order valence-corrected chi connectivity index (χ2v) is 5.50. The van der Waals surface area contributed by atoms with Gasteiger partial charge in [0.25, 0.3) is 5.91 Å². The van der Waals surface area contributed by atoms with Crippen LogP contribution >= 0.6 is 0 Å². The molecule has 26 heavy (non-hydrogen) atoms. The van der Waals surface area contributed by atoms with Crippen molar-refractivity contribution in [1.82, 2.24) is 5.43 Å². The molecule has 3 aromatic carbocycles. The van der Waals surface area contributed by atoms with E-state index in [1.165, 1.54) is 18.3 Å². The van der Waals surface area contributed by atoms with Gasteiger partial charge < -0.3 is 5.11 Å². The Morgan fingerprint density at radius 2 is 1.81 bits per heavy atom. The van der Waals surface area contributed by atoms with E-state index < -0.39 is 17.6 Å². The molecule has 0 heterocycles. The van der Waals surface area contributed by atoms with Gasteiger partial charge in [0.2, 0.25) is 0 Å². The number of nitrogens with one attached hydrogen (secondary N) is 1. The third-order valence-corrected chi connectivity index (χ3v) is 3.76. The first kappa shape index (κ1) is 17.5. The summed E-state index contributed by atoms with van der Waals surface area (Å²) in [6.07, 6.45) is -3.28. The maximum atomic E-state index is 12.7. The standard InChI is InChI=1S/C19H13F3N2O2/c20-19(21,22)14-6-3-5-13(10-14)18(26)24-23-11-16-15-7-2-1-4-12(15)8-9-17(16)25/h1-11,25H,(H,24,26)/b23-11-. The van der Waals surface area contributed by atoms with Gasteiger partial charge in [-0.05, 0) is 35.0 Å². The van der Waals surface area contributed by atoms with Crippen LogP contribution in [0.15, 0.2) is 65.8 Å². The van der Waals surface area contributed by atoms with Gasteiger partial charge in [-0.2, -0.15) is 18.3 Å². The van der Waals surface area contributed by atoms with Crippen molar-refractivity contribution in [2.45, 2.75) is 6.18 Å². The summed E-state index contributed by atoms with van der Waals surface area (Å²) >= 11 is 0. The minimum Gasteiger partial charge on any atom is -0.507 e. The van der Waals surface area contributed by atoms with E-state index in [9.17, 15) is 23.1 Å². The van der Waals surface area contributed by atoms with E-state index in [0.717, 1.165) is 29.0 Å². The summed E-state index contributed by atoms with van der Waals surface area (Å²) in [4.78, 5) is 12.0. The molecule has 132 valence electrons. The van der Waals surface area contributed by atoms with Gasteiger partial charge in [-0.3, -0.25) is 4.79 Å². The van der Waals surface area contributed by atoms with Crippen molar-refractivity contribution in [3.05, 3.63) is 77.4 Å². The zero-order valence-electron chi connectivity index (χ0n) is 13.3. The van der Waals surface area contributed by atoms with E-state index in [1.54, 1.807) is 18.2 Å². The van der Waals surface area contributed by atoms with E-state index >= 15 is 0 Å². The number of hydrazone groups is 1. The Morgan fingerprint density at radius 1 is 1.04 bits per heavy atom. The fourth-order valence-corrected chi connectivity index (χ4v) is 2.48. The number of nitrogens with zero attached hydrogens (tertiary/aromatic N) is 1. The van der Waals surface area contributed by atoms with Crippen LogP contribution in [-0.4, -0.2) is 17.2 Å². The number of carbonyl (C=O) groups excluding carboxylic acids is 1. The van der Waals surface area contributed by atoms with Crippen LogP contribution in [0, 0.1) is 0 Å². The van der Waals surface area contributed by atoms with Crippen LogP contribution in [0.1, 0.15) is 21.5 Å². The number of rotatable bonds is 3. The summed E-state index contributed by atoms with van der Waals surface area (Å²) in [6, 6.07) is 14.6. The predicted octanol–water partition coefficient (Wildman–Crippen LogP) is 4.33. The van der Waals surface area contributed by atoms with Gasteiger partial charge in [-0.1, -0.05) is 36.4 Å². The van der Waals surface area contributed by atoms with Crippen LogP contribution in [-0.2, 0) is 6.18 Å². The van der Waals surface area contributed by atoms with Crippen LogP contribution < -0.4 is 5.43 Å². The number of phenolic OH excluding ortho intramolecular Hbond substituents is 1. The molecule has 0 saturated carbocycles. The van der Waals surface area contributed by atoms with Crippen molar-refractivity contribution in [3.63, 3.8) is 0 Å². The number of carbonyl (C=O) groups is 1. The third kappa shape index (κ3) is 3.66. The molecule has 2 N–H and O–H groups in total. The number of halogens is 3. The number of hydrogen-bond acceptors (Lipinski definition) is 3. The summed E-state index contributed by atoms with van der Waals surface area (Å²) in [7, 11) is 0. The molecular formula is C19H13F3N2O2. The minimum atomic E-state index is -4.53. The minimum absolute atomic E-state index is 0.0271. The molecule has 7 heteroatoms. The lowest BCUT2D eigenvalue weighted by molar-refractivity contribution is -0.137. The van der Waals surface area contributed by atoms with Crippen LogP contribution in [0.5, 0.6) is 5.75 Å². The molecule has 0 fully saturated rings. The molecule has 0 unspecified atom stereocenters. The zero-order valence-corrected chi connectivity index (χ0v) is 13.3. The van der Waals surface area contributed by atoms with Gasteiger partial charge in [0.05, 0.1) is 11.8 Å². The highest BCUT2D eigenvalue weighted by Crippen LogP contribution is 2.29. The van der Waals surface area contributed by atoms with E-state index in [-0.39, 0.29) is 11.3 Å². The predicted molar refractivity (Wildman–Crippen MR) is 92.1 cm³/mol. The lowest BCUT2D eigenvalue weighted by Crippen LogP contribution is -2.18. The van der Waals surface area contributed by atoms with E-state index in [2.05, 4.69) is 10.5 Å². The number of alkyl halides is 3. The van der Waals surface area contributed by atoms with Crippen molar-refractivity contribution in [1.29, 1.82) is 0 Å². The summed E-state index contributed by atoms with van der Waals surface area (Å²) in [6.45, 7) is 0. The summed E-state index contributed by atoms with van der Waals surface area (Å²) in [5.41, 5.74) is 1.48. The summed E-state index contributed by atoms with van der Waals surface area (Å²) in [5.74, 6) is -0.812. The van der Waals surface area contributed by atoms with Crippen LogP contribution in [0.3, 0.4) is 0 Å². The normalized spacial score (nSPS) is 11.8. The summed E-state index contributed by atoms with van der Waals surface area (Å²) in [5, 5.41) is 15.3. The molecule has 0 aliphatic carbocycles. The monoisotopic (exact) mass is 358 g/mol. The van der Waals surface area contributed by atoms with Crippen LogP contribution in [0.25, 0.3) is 10.8 Å². The summed E-state index contributed by atoms with van der Waals surface area (Å²) < 4.78 is 38.1. The maximum absolute atomic E-state index is 12.7. The molecule has 0 aliphatic rings. The molecule has 3 rings (SSSR count). The highest BCUT2D eigenvalue weighted by Gasteiger charge is 2.30. The number of fused-ring (bicyclic) bond motifs is 1. The zero-order chi connectivity index (χ0) is 18.7. The SMILES string of the molecule is O=C(N/N=C\c1c(O)ccc2ccccc12)c1cccc(C(F)(F)F)c1. The first-order valence-corrected chi connectivity index (χ1v) is 7.57. The van der Waals surface area contributed by atoms with E-state index in [0.29, 0.717) is 5.56 Å². The highest BCUT2D eigenvalue weighted by atomic mass is 19.4. The number of benzene rings is 3. The van der Waals surface area contributed by atoms with Crippen LogP contribution in [0.2, 0.25) is 0 Å². The van der Waals surface area contributed by atoms with Gasteiger partial charge in [-0.15, -0.1) is 0 Å². The second-order valence-electron chi connectivity index (χ2n) is 5.50. The Morgan fingerprint density at radius 3 is 2.58 bits per heavy atom. The van der Waals surface area contributed by atoms with Gasteiger partial charge in [0.15, 0.2) is 0 Å². The fourth-order valence-electron chi connectivity index (χ4n) is 2.48. The first-order chi connectivity index (χ1) is 12.4. The lowest BCUT2D eigenvalue weighted by Gasteiger charge is -2.08. The third-order valence-electron chi connectivity index (χ3n) is 3.76. The highest BCUT2D eigenvalue weighted by molar-refractivity contribution is 6.03. The van der Waals surface area contributed by atoms with E-state index in [1.807, 2.05) is 12.1 Å². The molecule has 0 aromatic heterocycles. The first-order valence-electron chi connectivity index (χ1n) is 7.57. The quantitative estimate of drug-likeness (QED) is 0.541. The van der Waals surface area contributed by atoms with Gasteiger partial charge in [-0.25, -0.2) is 5.43 Å². The Kier molecular flexibility index (Phi) is 4.62. The average Bonchev–Trinajstić information content (AvgIpc) is 2.63. The molecule has 0 spiro atoms. The van der Waals surface area contributed by atoms with Crippen molar-refractivity contribution in [2.24, 2.45) is 5.10 Å². The van der Waals surface area contributed by atoms with Gasteiger partial charge in [0.1, 0.15) is 5.75 Å². The maximum Gasteiger partial charge on any atom is 0.416 e. The Hall–Kier alpha value is -3.35. The molecule has 3 aromatic rings. The Bertz CT molecular complexity index is 997. The molecule has 0 bridgehead atoms. The van der Waals surface area contributed by atoms with Crippen LogP contribution in [0.4, 0.5) is 13.2 Å². The molecule has 4 nitrogen and oxygen atoms in total. The number of hydrogen-bond donors (Lipinski definition) is 2. The lowest BCUT2D eigenvalue weighted by atomic mass is 10.0. The number of phenols is 1. The van der Waals surface area contributed by atoms with E-state index in [4.69, 9.17) is 0 Å². The Balaban J connectivity index is 1.82. The molecule has 0 saturated heterocycles. The topological polar surface area (TPSA) is 61.7 Å². The van der Waals surface area contributed by atoms with Gasteiger partial charge >= 0.3 is 6.18 Å². The number of aromatic hydroxyl groups is 1. The molecule has 0 aliphatic heterocycles. The van der Waals surface area contributed by atoms with Crippen molar-refractivity contribution in [3.8, 4) is 5.75 Å². The molecule has 1 amide bonds. The fraction of sp³-hybridized carbons (Fsp3) is 0.0526.